The van der Waals surface area contributed by atoms with Gasteiger partial charge in [-0.25, -0.2) is 9.59 Å². The van der Waals surface area contributed by atoms with Crippen molar-refractivity contribution >= 4 is 23.6 Å². The molecule has 0 saturated heterocycles. The predicted octanol–water partition coefficient (Wildman–Crippen LogP) is 2.19. The lowest BCUT2D eigenvalue weighted by molar-refractivity contribution is -0.136. The maximum Gasteiger partial charge on any atom is 0.337 e. The van der Waals surface area contributed by atoms with Crippen molar-refractivity contribution in [2.24, 2.45) is 0 Å². The third-order valence-corrected chi connectivity index (χ3v) is 3.89. The molecule has 21 heavy (non-hydrogen) atoms. The van der Waals surface area contributed by atoms with E-state index in [1.807, 2.05) is 0 Å². The Kier molecular flexibility index (Phi) is 4.09. The van der Waals surface area contributed by atoms with Crippen LogP contribution in [-0.4, -0.2) is 36.2 Å². The van der Waals surface area contributed by atoms with E-state index >= 15 is 0 Å². The van der Waals surface area contributed by atoms with Crippen LogP contribution in [0.4, 0.5) is 4.79 Å². The molecule has 0 radical (unpaired) electrons. The van der Waals surface area contributed by atoms with Gasteiger partial charge in [0.25, 0.3) is 0 Å². The molecule has 112 valence electrons. The SMILES string of the molecule is COC(=O)C1=C(C)N(C)C(=O)NC1c1cccc(O)c1Cl. The molecule has 0 bridgehead atoms. The molecule has 2 N–H and O–H groups in total. The van der Waals surface area contributed by atoms with Crippen molar-refractivity contribution in [2.75, 3.05) is 14.2 Å². The summed E-state index contributed by atoms with van der Waals surface area (Å²) in [6.07, 6.45) is 0. The molecule has 6 nitrogen and oxygen atoms in total. The summed E-state index contributed by atoms with van der Waals surface area (Å²) in [5, 5.41) is 12.5. The van der Waals surface area contributed by atoms with Crippen LogP contribution in [0, 0.1) is 0 Å². The number of ether oxygens (including phenoxy) is 1. The zero-order valence-electron chi connectivity index (χ0n) is 11.8. The Hall–Kier alpha value is -2.21. The Morgan fingerprint density at radius 3 is 2.76 bits per heavy atom. The molecular formula is C14H15ClN2O4. The van der Waals surface area contributed by atoms with Gasteiger partial charge in [0, 0.05) is 18.3 Å². The number of phenolic OH excluding ortho intramolecular Hbond substituents is 1. The van der Waals surface area contributed by atoms with Gasteiger partial charge in [-0.1, -0.05) is 23.7 Å². The normalized spacial score (nSPS) is 18.6. The smallest absolute Gasteiger partial charge is 0.337 e. The summed E-state index contributed by atoms with van der Waals surface area (Å²) in [6.45, 7) is 1.65. The fraction of sp³-hybridized carbons (Fsp3) is 0.286. The molecule has 1 aliphatic rings. The Labute approximate surface area is 126 Å². The van der Waals surface area contributed by atoms with E-state index in [2.05, 4.69) is 5.32 Å². The Bertz CT molecular complexity index is 642. The number of aromatic hydroxyl groups is 1. The van der Waals surface area contributed by atoms with Crippen LogP contribution < -0.4 is 5.32 Å². The summed E-state index contributed by atoms with van der Waals surface area (Å²) < 4.78 is 4.79. The van der Waals surface area contributed by atoms with Gasteiger partial charge in [0.2, 0.25) is 0 Å². The fourth-order valence-corrected chi connectivity index (χ4v) is 2.44. The monoisotopic (exact) mass is 310 g/mol. The summed E-state index contributed by atoms with van der Waals surface area (Å²) in [5.41, 5.74) is 1.17. The van der Waals surface area contributed by atoms with E-state index in [0.717, 1.165) is 0 Å². The van der Waals surface area contributed by atoms with Crippen LogP contribution in [0.15, 0.2) is 29.5 Å². The second-order valence-corrected chi connectivity index (χ2v) is 4.99. The highest BCUT2D eigenvalue weighted by Crippen LogP contribution is 2.37. The third kappa shape index (κ3) is 2.54. The molecule has 2 rings (SSSR count). The highest BCUT2D eigenvalue weighted by molar-refractivity contribution is 6.33. The average molecular weight is 311 g/mol. The van der Waals surface area contributed by atoms with Crippen molar-refractivity contribution in [3.63, 3.8) is 0 Å². The van der Waals surface area contributed by atoms with Crippen LogP contribution in [0.1, 0.15) is 18.5 Å². The first-order valence-corrected chi connectivity index (χ1v) is 6.57. The molecule has 0 saturated carbocycles. The van der Waals surface area contributed by atoms with Gasteiger partial charge in [-0.2, -0.15) is 0 Å². The summed E-state index contributed by atoms with van der Waals surface area (Å²) >= 11 is 6.08. The van der Waals surface area contributed by atoms with Gasteiger partial charge in [-0.3, -0.25) is 0 Å². The molecule has 1 atom stereocenters. The Morgan fingerprint density at radius 1 is 1.48 bits per heavy atom. The molecule has 2 amide bonds. The summed E-state index contributed by atoms with van der Waals surface area (Å²) in [7, 11) is 2.81. The number of nitrogens with one attached hydrogen (secondary N) is 1. The van der Waals surface area contributed by atoms with Crippen molar-refractivity contribution in [1.29, 1.82) is 0 Å². The minimum absolute atomic E-state index is 0.0848. The average Bonchev–Trinajstić information content (AvgIpc) is 2.46. The molecule has 1 aromatic rings. The zero-order chi connectivity index (χ0) is 15.7. The molecule has 0 fully saturated rings. The maximum absolute atomic E-state index is 12.0. The molecular weight excluding hydrogens is 296 g/mol. The summed E-state index contributed by atoms with van der Waals surface area (Å²) in [4.78, 5) is 25.3. The first kappa shape index (κ1) is 15.2. The van der Waals surface area contributed by atoms with Crippen molar-refractivity contribution in [3.05, 3.63) is 40.1 Å². The second kappa shape index (κ2) is 5.65. The van der Waals surface area contributed by atoms with Crippen LogP contribution in [0.3, 0.4) is 0 Å². The number of hydrogen-bond donors (Lipinski definition) is 2. The standard InChI is InChI=1S/C14H15ClN2O4/c1-7-10(13(19)21-3)12(16-14(20)17(7)2)8-5-4-6-9(18)11(8)15/h4-6,12,18H,1-3H3,(H,16,20). The summed E-state index contributed by atoms with van der Waals surface area (Å²) in [6, 6.07) is 3.50. The molecule has 7 heteroatoms. The molecule has 0 aromatic heterocycles. The third-order valence-electron chi connectivity index (χ3n) is 3.48. The topological polar surface area (TPSA) is 78.9 Å². The first-order chi connectivity index (χ1) is 9.88. The maximum atomic E-state index is 12.0. The van der Waals surface area contributed by atoms with E-state index in [1.54, 1.807) is 26.1 Å². The van der Waals surface area contributed by atoms with Crippen LogP contribution in [0.25, 0.3) is 0 Å². The molecule has 1 unspecified atom stereocenters. The molecule has 1 heterocycles. The van der Waals surface area contributed by atoms with Crippen molar-refractivity contribution in [2.45, 2.75) is 13.0 Å². The number of rotatable bonds is 2. The van der Waals surface area contributed by atoms with Gasteiger partial charge in [0.05, 0.1) is 23.7 Å². The highest BCUT2D eigenvalue weighted by Gasteiger charge is 2.35. The first-order valence-electron chi connectivity index (χ1n) is 6.19. The predicted molar refractivity (Wildman–Crippen MR) is 76.9 cm³/mol. The van der Waals surface area contributed by atoms with Gasteiger partial charge in [-0.05, 0) is 13.0 Å². The number of halogens is 1. The number of hydrogen-bond acceptors (Lipinski definition) is 4. The van der Waals surface area contributed by atoms with E-state index in [9.17, 15) is 14.7 Å². The van der Waals surface area contributed by atoms with E-state index in [1.165, 1.54) is 18.1 Å². The lowest BCUT2D eigenvalue weighted by Gasteiger charge is -2.33. The minimum Gasteiger partial charge on any atom is -0.506 e. The van der Waals surface area contributed by atoms with Crippen LogP contribution in [0.2, 0.25) is 5.02 Å². The number of methoxy groups -OCH3 is 1. The molecule has 0 aliphatic carbocycles. The van der Waals surface area contributed by atoms with E-state index in [0.29, 0.717) is 11.3 Å². The van der Waals surface area contributed by atoms with Crippen LogP contribution in [-0.2, 0) is 9.53 Å². The molecule has 1 aliphatic heterocycles. The number of carbonyl (C=O) groups excluding carboxylic acids is 2. The van der Waals surface area contributed by atoms with Crippen molar-refractivity contribution in [3.8, 4) is 5.75 Å². The number of phenols is 1. The Balaban J connectivity index is 2.62. The van der Waals surface area contributed by atoms with Gasteiger partial charge >= 0.3 is 12.0 Å². The lowest BCUT2D eigenvalue weighted by Crippen LogP contribution is -2.46. The van der Waals surface area contributed by atoms with E-state index in [4.69, 9.17) is 16.3 Å². The van der Waals surface area contributed by atoms with E-state index < -0.39 is 12.0 Å². The number of benzene rings is 1. The fourth-order valence-electron chi connectivity index (χ4n) is 2.20. The van der Waals surface area contributed by atoms with Gasteiger partial charge in [0.15, 0.2) is 0 Å². The van der Waals surface area contributed by atoms with Crippen molar-refractivity contribution < 1.29 is 19.4 Å². The lowest BCUT2D eigenvalue weighted by atomic mass is 9.95. The minimum atomic E-state index is -0.777. The van der Waals surface area contributed by atoms with Gasteiger partial charge in [0.1, 0.15) is 5.75 Å². The van der Waals surface area contributed by atoms with Crippen molar-refractivity contribution in [1.82, 2.24) is 10.2 Å². The highest BCUT2D eigenvalue weighted by atomic mass is 35.5. The van der Waals surface area contributed by atoms with Crippen LogP contribution in [0.5, 0.6) is 5.75 Å². The molecule has 1 aromatic carbocycles. The quantitative estimate of drug-likeness (QED) is 0.821. The van der Waals surface area contributed by atoms with Gasteiger partial charge < -0.3 is 20.1 Å². The number of carbonyl (C=O) groups is 2. The van der Waals surface area contributed by atoms with Gasteiger partial charge in [-0.15, -0.1) is 0 Å². The largest absolute Gasteiger partial charge is 0.506 e. The number of amides is 2. The number of allylic oxidation sites excluding steroid dienone is 1. The second-order valence-electron chi connectivity index (χ2n) is 4.61. The zero-order valence-corrected chi connectivity index (χ0v) is 12.6. The molecule has 0 spiro atoms. The Morgan fingerprint density at radius 2 is 2.14 bits per heavy atom. The van der Waals surface area contributed by atoms with E-state index in [-0.39, 0.29) is 22.4 Å². The number of urea groups is 1. The summed E-state index contributed by atoms with van der Waals surface area (Å²) in [5.74, 6) is -0.687. The van der Waals surface area contributed by atoms with Crippen LogP contribution >= 0.6 is 11.6 Å². The number of esters is 1. The number of nitrogens with zero attached hydrogens (tertiary/aromatic N) is 1.